The molecule has 126 valence electrons. The van der Waals surface area contributed by atoms with Gasteiger partial charge in [0.15, 0.2) is 5.65 Å². The molecule has 0 unspecified atom stereocenters. The van der Waals surface area contributed by atoms with Gasteiger partial charge in [-0.25, -0.2) is 4.98 Å². The summed E-state index contributed by atoms with van der Waals surface area (Å²) in [4.78, 5) is 16.7. The summed E-state index contributed by atoms with van der Waals surface area (Å²) in [6.07, 6.45) is 6.81. The molecule has 3 N–H and O–H groups in total. The zero-order valence-corrected chi connectivity index (χ0v) is 14.2. The van der Waals surface area contributed by atoms with Crippen LogP contribution in [0.25, 0.3) is 11.0 Å². The van der Waals surface area contributed by atoms with Gasteiger partial charge in [-0.05, 0) is 56.6 Å². The number of nitrogens with zero attached hydrogens (tertiary/aromatic N) is 4. The highest BCUT2D eigenvalue weighted by Crippen LogP contribution is 2.36. The SMILES string of the molecule is Cc1c2c(nc3nc(NC45CCN(CC4)CC5)nc(N)c13)CCC2. The molecule has 4 aliphatic rings. The minimum Gasteiger partial charge on any atom is -0.383 e. The van der Waals surface area contributed by atoms with Gasteiger partial charge < -0.3 is 16.0 Å². The highest BCUT2D eigenvalue weighted by atomic mass is 15.2. The Bertz CT molecular complexity index is 808. The van der Waals surface area contributed by atoms with Crippen LogP contribution in [-0.4, -0.2) is 45.0 Å². The Morgan fingerprint density at radius 2 is 1.79 bits per heavy atom. The van der Waals surface area contributed by atoms with Crippen LogP contribution in [0.1, 0.15) is 42.5 Å². The van der Waals surface area contributed by atoms with Crippen LogP contribution in [0.3, 0.4) is 0 Å². The molecule has 6 nitrogen and oxygen atoms in total. The predicted octanol–water partition coefficient (Wildman–Crippen LogP) is 2.05. The lowest BCUT2D eigenvalue weighted by Gasteiger charge is -2.48. The van der Waals surface area contributed by atoms with E-state index in [0.29, 0.717) is 11.8 Å². The number of aromatic nitrogens is 3. The van der Waals surface area contributed by atoms with Crippen molar-refractivity contribution in [1.29, 1.82) is 0 Å². The summed E-state index contributed by atoms with van der Waals surface area (Å²) < 4.78 is 0. The van der Waals surface area contributed by atoms with Crippen molar-refractivity contribution in [3.63, 3.8) is 0 Å². The average molecular weight is 324 g/mol. The Morgan fingerprint density at radius 1 is 1.04 bits per heavy atom. The molecular formula is C18H24N6. The van der Waals surface area contributed by atoms with Gasteiger partial charge in [0.05, 0.1) is 5.39 Å². The molecule has 3 aliphatic heterocycles. The Morgan fingerprint density at radius 3 is 2.54 bits per heavy atom. The zero-order chi connectivity index (χ0) is 16.3. The topological polar surface area (TPSA) is 80.0 Å². The van der Waals surface area contributed by atoms with Crippen LogP contribution < -0.4 is 11.1 Å². The number of hydrogen-bond acceptors (Lipinski definition) is 6. The molecule has 3 saturated heterocycles. The Kier molecular flexibility index (Phi) is 3.01. The summed E-state index contributed by atoms with van der Waals surface area (Å²) in [5.41, 5.74) is 11.0. The van der Waals surface area contributed by atoms with Gasteiger partial charge in [0, 0.05) is 30.9 Å². The standard InChI is InChI=1S/C18H24N6/c1-11-12-3-2-4-13(12)20-16-14(11)15(19)21-17(22-16)23-18-5-8-24(9-6-18)10-7-18/h2-10H2,1H3,(H3,19,20,21,22,23). The van der Waals surface area contributed by atoms with E-state index in [0.717, 1.165) is 43.1 Å². The molecule has 0 radical (unpaired) electrons. The lowest BCUT2D eigenvalue weighted by atomic mass is 9.80. The van der Waals surface area contributed by atoms with E-state index in [1.54, 1.807) is 0 Å². The Labute approximate surface area is 141 Å². The summed E-state index contributed by atoms with van der Waals surface area (Å²) in [7, 11) is 0. The first-order valence-corrected chi connectivity index (χ1v) is 9.10. The Hall–Kier alpha value is -1.95. The van der Waals surface area contributed by atoms with Crippen molar-refractivity contribution in [3.05, 3.63) is 16.8 Å². The number of nitrogen functional groups attached to an aromatic ring is 1. The fraction of sp³-hybridized carbons (Fsp3) is 0.611. The fourth-order valence-electron chi connectivity index (χ4n) is 4.75. The lowest BCUT2D eigenvalue weighted by Crippen LogP contribution is -2.56. The van der Waals surface area contributed by atoms with Crippen molar-refractivity contribution in [2.24, 2.45) is 0 Å². The van der Waals surface area contributed by atoms with Gasteiger partial charge in [0.2, 0.25) is 5.95 Å². The third-order valence-electron chi connectivity index (χ3n) is 6.27. The third kappa shape index (κ3) is 2.09. The molecule has 0 amide bonds. The van der Waals surface area contributed by atoms with Crippen molar-refractivity contribution < 1.29 is 0 Å². The van der Waals surface area contributed by atoms with Crippen molar-refractivity contribution in [1.82, 2.24) is 19.9 Å². The van der Waals surface area contributed by atoms with Gasteiger partial charge in [-0.3, -0.25) is 0 Å². The van der Waals surface area contributed by atoms with E-state index in [1.165, 1.54) is 42.9 Å². The van der Waals surface area contributed by atoms with Crippen LogP contribution in [0, 0.1) is 6.92 Å². The monoisotopic (exact) mass is 324 g/mol. The fourth-order valence-corrected chi connectivity index (χ4v) is 4.75. The van der Waals surface area contributed by atoms with Gasteiger partial charge >= 0.3 is 0 Å². The number of nitrogens with one attached hydrogen (secondary N) is 1. The molecule has 6 rings (SSSR count). The molecule has 5 heterocycles. The average Bonchev–Trinajstić information content (AvgIpc) is 3.04. The summed E-state index contributed by atoms with van der Waals surface area (Å²) in [6, 6.07) is 0. The molecule has 1 aliphatic carbocycles. The molecule has 0 saturated carbocycles. The summed E-state index contributed by atoms with van der Waals surface area (Å²) in [5, 5.41) is 4.58. The largest absolute Gasteiger partial charge is 0.383 e. The minimum absolute atomic E-state index is 0.140. The molecule has 0 spiro atoms. The van der Waals surface area contributed by atoms with Gasteiger partial charge in [0.25, 0.3) is 0 Å². The zero-order valence-electron chi connectivity index (χ0n) is 14.2. The number of anilines is 2. The molecule has 2 aromatic heterocycles. The molecule has 2 aromatic rings. The summed E-state index contributed by atoms with van der Waals surface area (Å²) in [5.74, 6) is 1.21. The predicted molar refractivity (Wildman–Crippen MR) is 95.2 cm³/mol. The van der Waals surface area contributed by atoms with Crippen LogP contribution in [0.5, 0.6) is 0 Å². The molecule has 24 heavy (non-hydrogen) atoms. The van der Waals surface area contributed by atoms with Crippen molar-refractivity contribution in [2.45, 2.75) is 51.0 Å². The van der Waals surface area contributed by atoms with Gasteiger partial charge in [0.1, 0.15) is 5.82 Å². The maximum absolute atomic E-state index is 6.31. The number of fused-ring (bicyclic) bond motifs is 5. The molecule has 6 heteroatoms. The molecular weight excluding hydrogens is 300 g/mol. The number of nitrogens with two attached hydrogens (primary N) is 1. The number of hydrogen-bond donors (Lipinski definition) is 2. The van der Waals surface area contributed by atoms with E-state index in [4.69, 9.17) is 15.7 Å². The smallest absolute Gasteiger partial charge is 0.227 e. The van der Waals surface area contributed by atoms with Crippen LogP contribution in [-0.2, 0) is 12.8 Å². The summed E-state index contributed by atoms with van der Waals surface area (Å²) >= 11 is 0. The highest BCUT2D eigenvalue weighted by Gasteiger charge is 2.39. The summed E-state index contributed by atoms with van der Waals surface area (Å²) in [6.45, 7) is 5.64. The first-order chi connectivity index (χ1) is 11.6. The van der Waals surface area contributed by atoms with E-state index >= 15 is 0 Å². The third-order valence-corrected chi connectivity index (χ3v) is 6.27. The molecule has 2 bridgehead atoms. The van der Waals surface area contributed by atoms with E-state index in [9.17, 15) is 0 Å². The molecule has 0 atom stereocenters. The minimum atomic E-state index is 0.140. The highest BCUT2D eigenvalue weighted by molar-refractivity contribution is 5.90. The van der Waals surface area contributed by atoms with E-state index in [2.05, 4.69) is 22.1 Å². The first-order valence-electron chi connectivity index (χ1n) is 9.10. The van der Waals surface area contributed by atoms with Crippen LogP contribution in [0.2, 0.25) is 0 Å². The van der Waals surface area contributed by atoms with Crippen molar-refractivity contribution >= 4 is 22.8 Å². The first kappa shape index (κ1) is 14.4. The van der Waals surface area contributed by atoms with E-state index in [1.807, 2.05) is 0 Å². The lowest BCUT2D eigenvalue weighted by molar-refractivity contribution is 0.0987. The van der Waals surface area contributed by atoms with E-state index < -0.39 is 0 Å². The second-order valence-electron chi connectivity index (χ2n) is 7.64. The Balaban J connectivity index is 1.57. The van der Waals surface area contributed by atoms with Crippen molar-refractivity contribution in [3.8, 4) is 0 Å². The molecule has 0 aromatic carbocycles. The molecule has 3 fully saturated rings. The number of rotatable bonds is 2. The van der Waals surface area contributed by atoms with Gasteiger partial charge in [-0.15, -0.1) is 0 Å². The maximum atomic E-state index is 6.31. The van der Waals surface area contributed by atoms with Gasteiger partial charge in [-0.1, -0.05) is 0 Å². The van der Waals surface area contributed by atoms with Gasteiger partial charge in [-0.2, -0.15) is 9.97 Å². The quantitative estimate of drug-likeness (QED) is 0.880. The number of pyridine rings is 1. The second-order valence-corrected chi connectivity index (χ2v) is 7.64. The second kappa shape index (κ2) is 5.02. The van der Waals surface area contributed by atoms with E-state index in [-0.39, 0.29) is 5.54 Å². The number of aryl methyl sites for hydroxylation is 2. The maximum Gasteiger partial charge on any atom is 0.227 e. The van der Waals surface area contributed by atoms with Crippen molar-refractivity contribution in [2.75, 3.05) is 30.7 Å². The van der Waals surface area contributed by atoms with Crippen LogP contribution in [0.4, 0.5) is 11.8 Å². The van der Waals surface area contributed by atoms with Crippen LogP contribution in [0.15, 0.2) is 0 Å². The van der Waals surface area contributed by atoms with Crippen LogP contribution >= 0.6 is 0 Å². The normalized spacial score (nSPS) is 28.3. The number of piperidine rings is 3.